The molecule has 33 heavy (non-hydrogen) atoms. The van der Waals surface area contributed by atoms with Crippen molar-refractivity contribution in [3.05, 3.63) is 70.6 Å². The number of nitrogens with one attached hydrogen (secondary N) is 1. The van der Waals surface area contributed by atoms with Gasteiger partial charge in [0.15, 0.2) is 0 Å². The van der Waals surface area contributed by atoms with Gasteiger partial charge in [0.2, 0.25) is 5.91 Å². The zero-order chi connectivity index (χ0) is 23.4. The number of fused-ring (bicyclic) bond motifs is 1. The highest BCUT2D eigenvalue weighted by atomic mass is 16.5. The molecule has 2 amide bonds. The average Bonchev–Trinajstić information content (AvgIpc) is 2.84. The van der Waals surface area contributed by atoms with Gasteiger partial charge in [0.05, 0.1) is 18.4 Å². The van der Waals surface area contributed by atoms with Gasteiger partial charge >= 0.3 is 0 Å². The summed E-state index contributed by atoms with van der Waals surface area (Å²) in [5.74, 6) is 1.02. The summed E-state index contributed by atoms with van der Waals surface area (Å²) in [4.78, 5) is 40.6. The van der Waals surface area contributed by atoms with Crippen molar-refractivity contribution in [2.75, 3.05) is 26.7 Å². The van der Waals surface area contributed by atoms with Gasteiger partial charge < -0.3 is 15.0 Å². The molecule has 7 nitrogen and oxygen atoms in total. The standard InChI is InChI=1S/C26H29N3O4/c1-18-11-14-28(15-12-18)24(30)10-13-27-25(31)23-17-29(19-6-5-7-20(16-19)33-2)26(32)22-9-4-3-8-21(22)23/h3-9,16-18H,10-15H2,1-2H3,(H,27,31). The average molecular weight is 448 g/mol. The molecule has 1 aliphatic heterocycles. The Morgan fingerprint density at radius 1 is 1.06 bits per heavy atom. The van der Waals surface area contributed by atoms with E-state index in [-0.39, 0.29) is 30.3 Å². The minimum atomic E-state index is -0.317. The van der Waals surface area contributed by atoms with Crippen molar-refractivity contribution in [1.29, 1.82) is 0 Å². The smallest absolute Gasteiger partial charge is 0.262 e. The van der Waals surface area contributed by atoms with Gasteiger partial charge in [-0.05, 0) is 37.0 Å². The van der Waals surface area contributed by atoms with Gasteiger partial charge in [-0.2, -0.15) is 0 Å². The number of ether oxygens (including phenoxy) is 1. The second-order valence-electron chi connectivity index (χ2n) is 8.53. The van der Waals surface area contributed by atoms with Crippen LogP contribution < -0.4 is 15.6 Å². The Kier molecular flexibility index (Phi) is 6.77. The lowest BCUT2D eigenvalue weighted by atomic mass is 9.99. The van der Waals surface area contributed by atoms with E-state index in [0.717, 1.165) is 25.9 Å². The van der Waals surface area contributed by atoms with Crippen molar-refractivity contribution in [3.63, 3.8) is 0 Å². The number of aromatic nitrogens is 1. The molecule has 1 fully saturated rings. The summed E-state index contributed by atoms with van der Waals surface area (Å²) in [6, 6.07) is 14.2. The molecule has 1 aromatic heterocycles. The Morgan fingerprint density at radius 3 is 2.52 bits per heavy atom. The summed E-state index contributed by atoms with van der Waals surface area (Å²) < 4.78 is 6.74. The molecule has 0 spiro atoms. The van der Waals surface area contributed by atoms with E-state index >= 15 is 0 Å². The molecular formula is C26H29N3O4. The summed E-state index contributed by atoms with van der Waals surface area (Å²) in [5.41, 5.74) is 0.769. The first-order valence-electron chi connectivity index (χ1n) is 11.3. The van der Waals surface area contributed by atoms with Crippen molar-refractivity contribution in [3.8, 4) is 11.4 Å². The lowest BCUT2D eigenvalue weighted by molar-refractivity contribution is -0.132. The third-order valence-electron chi connectivity index (χ3n) is 6.26. The van der Waals surface area contributed by atoms with Crippen LogP contribution in [0.5, 0.6) is 5.75 Å². The van der Waals surface area contributed by atoms with Crippen LogP contribution in [0.15, 0.2) is 59.5 Å². The maximum absolute atomic E-state index is 13.1. The van der Waals surface area contributed by atoms with Crippen LogP contribution in [0.3, 0.4) is 0 Å². The van der Waals surface area contributed by atoms with Crippen molar-refractivity contribution < 1.29 is 14.3 Å². The van der Waals surface area contributed by atoms with E-state index in [1.54, 1.807) is 61.8 Å². The number of pyridine rings is 1. The van der Waals surface area contributed by atoms with Gasteiger partial charge in [-0.25, -0.2) is 0 Å². The lowest BCUT2D eigenvalue weighted by Gasteiger charge is -2.30. The van der Waals surface area contributed by atoms with Gasteiger partial charge in [-0.1, -0.05) is 31.2 Å². The number of amides is 2. The molecular weight excluding hydrogens is 418 g/mol. The maximum Gasteiger partial charge on any atom is 0.262 e. The maximum atomic E-state index is 13.1. The van der Waals surface area contributed by atoms with E-state index in [9.17, 15) is 14.4 Å². The second kappa shape index (κ2) is 9.90. The van der Waals surface area contributed by atoms with Crippen LogP contribution in [-0.4, -0.2) is 48.0 Å². The molecule has 0 atom stereocenters. The molecule has 0 radical (unpaired) electrons. The topological polar surface area (TPSA) is 80.6 Å². The molecule has 2 heterocycles. The first kappa shape index (κ1) is 22.6. The molecule has 0 bridgehead atoms. The first-order valence-corrected chi connectivity index (χ1v) is 11.3. The third kappa shape index (κ3) is 4.92. The summed E-state index contributed by atoms with van der Waals surface area (Å²) in [6.07, 6.45) is 3.86. The Balaban J connectivity index is 1.56. The molecule has 1 aliphatic rings. The van der Waals surface area contributed by atoms with Crippen LogP contribution in [0.25, 0.3) is 16.5 Å². The van der Waals surface area contributed by atoms with E-state index in [1.165, 1.54) is 4.57 Å². The molecule has 0 saturated carbocycles. The van der Waals surface area contributed by atoms with E-state index in [4.69, 9.17) is 4.74 Å². The minimum absolute atomic E-state index is 0.0633. The lowest BCUT2D eigenvalue weighted by Crippen LogP contribution is -2.39. The van der Waals surface area contributed by atoms with Crippen molar-refractivity contribution in [2.45, 2.75) is 26.2 Å². The Hall–Kier alpha value is -3.61. The largest absolute Gasteiger partial charge is 0.497 e. The Labute approximate surface area is 193 Å². The number of methoxy groups -OCH3 is 1. The van der Waals surface area contributed by atoms with Crippen LogP contribution in [0.2, 0.25) is 0 Å². The molecule has 4 rings (SSSR count). The van der Waals surface area contributed by atoms with Crippen molar-refractivity contribution >= 4 is 22.6 Å². The first-order chi connectivity index (χ1) is 16.0. The highest BCUT2D eigenvalue weighted by molar-refractivity contribution is 6.06. The van der Waals surface area contributed by atoms with Gasteiger partial charge in [0.1, 0.15) is 5.75 Å². The zero-order valence-electron chi connectivity index (χ0n) is 19.0. The molecule has 0 unspecified atom stereocenters. The Bertz CT molecular complexity index is 1230. The van der Waals surface area contributed by atoms with Crippen LogP contribution in [-0.2, 0) is 4.79 Å². The SMILES string of the molecule is COc1cccc(-n2cc(C(=O)NCCC(=O)N3CCC(C)CC3)c3ccccc3c2=O)c1. The van der Waals surface area contributed by atoms with Crippen molar-refractivity contribution in [1.82, 2.24) is 14.8 Å². The number of piperidine rings is 1. The van der Waals surface area contributed by atoms with Crippen molar-refractivity contribution in [2.24, 2.45) is 5.92 Å². The molecule has 2 aromatic carbocycles. The van der Waals surface area contributed by atoms with E-state index in [0.29, 0.717) is 33.7 Å². The van der Waals surface area contributed by atoms with Gasteiger partial charge in [0, 0.05) is 49.1 Å². The van der Waals surface area contributed by atoms with Gasteiger partial charge in [0.25, 0.3) is 11.5 Å². The number of carbonyl (C=O) groups excluding carboxylic acids is 2. The number of benzene rings is 2. The zero-order valence-corrected chi connectivity index (χ0v) is 19.0. The number of carbonyl (C=O) groups is 2. The number of nitrogens with zero attached hydrogens (tertiary/aromatic N) is 2. The summed E-state index contributed by atoms with van der Waals surface area (Å²) in [7, 11) is 1.56. The van der Waals surface area contributed by atoms with Crippen LogP contribution >= 0.6 is 0 Å². The number of likely N-dealkylation sites (tertiary alicyclic amines) is 1. The summed E-state index contributed by atoms with van der Waals surface area (Å²) in [6.45, 7) is 4.02. The van der Waals surface area contributed by atoms with E-state index in [1.807, 2.05) is 4.90 Å². The predicted molar refractivity (Wildman–Crippen MR) is 128 cm³/mol. The highest BCUT2D eigenvalue weighted by Crippen LogP contribution is 2.20. The molecule has 0 aliphatic carbocycles. The molecule has 3 aromatic rings. The van der Waals surface area contributed by atoms with Crippen LogP contribution in [0.1, 0.15) is 36.5 Å². The van der Waals surface area contributed by atoms with E-state index < -0.39 is 0 Å². The summed E-state index contributed by atoms with van der Waals surface area (Å²) >= 11 is 0. The predicted octanol–water partition coefficient (Wildman–Crippen LogP) is 3.38. The van der Waals surface area contributed by atoms with Crippen LogP contribution in [0.4, 0.5) is 0 Å². The number of hydrogen-bond acceptors (Lipinski definition) is 4. The minimum Gasteiger partial charge on any atom is -0.497 e. The fourth-order valence-corrected chi connectivity index (χ4v) is 4.22. The molecule has 7 heteroatoms. The number of rotatable bonds is 6. The van der Waals surface area contributed by atoms with Crippen LogP contribution in [0, 0.1) is 5.92 Å². The highest BCUT2D eigenvalue weighted by Gasteiger charge is 2.21. The fourth-order valence-electron chi connectivity index (χ4n) is 4.22. The molecule has 1 N–H and O–H groups in total. The fraction of sp³-hybridized carbons (Fsp3) is 0.346. The number of hydrogen-bond donors (Lipinski definition) is 1. The molecule has 172 valence electrons. The molecule has 1 saturated heterocycles. The third-order valence-corrected chi connectivity index (χ3v) is 6.26. The van der Waals surface area contributed by atoms with E-state index in [2.05, 4.69) is 12.2 Å². The van der Waals surface area contributed by atoms with Gasteiger partial charge in [-0.3, -0.25) is 19.0 Å². The second-order valence-corrected chi connectivity index (χ2v) is 8.53. The monoisotopic (exact) mass is 447 g/mol. The van der Waals surface area contributed by atoms with Gasteiger partial charge in [-0.15, -0.1) is 0 Å². The Morgan fingerprint density at radius 2 is 1.79 bits per heavy atom. The normalized spacial score (nSPS) is 14.3. The summed E-state index contributed by atoms with van der Waals surface area (Å²) in [5, 5.41) is 3.89. The quantitative estimate of drug-likeness (QED) is 0.628.